The van der Waals surface area contributed by atoms with E-state index in [9.17, 15) is 13.2 Å². The standard InChI is InChI=1S/C23H38N4O4S/c1-4-25-22(28)26-15-18-14-23(2,3)21(17-26)27(16-18)19-6-8-20(9-7-19)31-11-5-12-32(29,30)13-10-24/h6-9,18,21H,4-5,10-17,24H2,1-3H3,(H,25,28)/t18-,21?/m1/s1. The second-order valence-electron chi connectivity index (χ2n) is 9.60. The molecule has 180 valence electrons. The monoisotopic (exact) mass is 466 g/mol. The zero-order valence-corrected chi connectivity index (χ0v) is 20.4. The molecule has 8 nitrogen and oxygen atoms in total. The van der Waals surface area contributed by atoms with Gasteiger partial charge < -0.3 is 25.6 Å². The number of nitrogens with one attached hydrogen (secondary N) is 1. The van der Waals surface area contributed by atoms with Crippen LogP contribution in [0.4, 0.5) is 10.5 Å². The van der Waals surface area contributed by atoms with Crippen LogP contribution in [0.1, 0.15) is 33.6 Å². The number of nitrogens with two attached hydrogens (primary N) is 1. The van der Waals surface area contributed by atoms with Gasteiger partial charge in [-0.25, -0.2) is 13.2 Å². The summed E-state index contributed by atoms with van der Waals surface area (Å²) in [4.78, 5) is 16.9. The third kappa shape index (κ3) is 6.07. The average molecular weight is 467 g/mol. The zero-order valence-electron chi connectivity index (χ0n) is 19.5. The topological polar surface area (TPSA) is 105 Å². The minimum absolute atomic E-state index is 0.0214. The fourth-order valence-corrected chi connectivity index (χ4v) is 6.15. The highest BCUT2D eigenvalue weighted by Crippen LogP contribution is 2.43. The number of nitrogens with zero attached hydrogens (tertiary/aromatic N) is 2. The zero-order chi connectivity index (χ0) is 23.4. The molecule has 0 spiro atoms. The fourth-order valence-electron chi connectivity index (χ4n) is 5.03. The Morgan fingerprint density at radius 3 is 2.56 bits per heavy atom. The van der Waals surface area contributed by atoms with Crippen LogP contribution in [0, 0.1) is 11.3 Å². The molecular formula is C23H38N4O4S. The minimum Gasteiger partial charge on any atom is -0.494 e. The van der Waals surface area contributed by atoms with E-state index in [0.29, 0.717) is 32.0 Å². The second-order valence-corrected chi connectivity index (χ2v) is 11.9. The fraction of sp³-hybridized carbons (Fsp3) is 0.696. The first-order valence-corrected chi connectivity index (χ1v) is 13.4. The summed E-state index contributed by atoms with van der Waals surface area (Å²) in [6.45, 7) is 10.1. The van der Waals surface area contributed by atoms with Gasteiger partial charge in [0.1, 0.15) is 5.75 Å². The third-order valence-electron chi connectivity index (χ3n) is 6.50. The highest BCUT2D eigenvalue weighted by Gasteiger charge is 2.46. The van der Waals surface area contributed by atoms with Gasteiger partial charge in [-0.3, -0.25) is 0 Å². The molecule has 1 unspecified atom stereocenters. The quantitative estimate of drug-likeness (QED) is 0.540. The van der Waals surface area contributed by atoms with Crippen LogP contribution < -0.4 is 20.7 Å². The van der Waals surface area contributed by atoms with Crippen LogP contribution >= 0.6 is 0 Å². The summed E-state index contributed by atoms with van der Waals surface area (Å²) in [5, 5.41) is 2.95. The second kappa shape index (κ2) is 10.3. The molecule has 2 amide bonds. The predicted molar refractivity (Wildman–Crippen MR) is 128 cm³/mol. The Kier molecular flexibility index (Phi) is 7.92. The number of benzene rings is 1. The maximum Gasteiger partial charge on any atom is 0.317 e. The number of urea groups is 1. The molecule has 3 N–H and O–H groups in total. The first-order chi connectivity index (χ1) is 15.1. The van der Waals surface area contributed by atoms with E-state index >= 15 is 0 Å². The number of carbonyl (C=O) groups is 1. The Morgan fingerprint density at radius 2 is 1.91 bits per heavy atom. The summed E-state index contributed by atoms with van der Waals surface area (Å²) in [5.41, 5.74) is 6.57. The highest BCUT2D eigenvalue weighted by atomic mass is 32.2. The minimum atomic E-state index is -3.09. The van der Waals surface area contributed by atoms with Crippen molar-refractivity contribution < 1.29 is 17.9 Å². The highest BCUT2D eigenvalue weighted by molar-refractivity contribution is 7.91. The van der Waals surface area contributed by atoms with Crippen molar-refractivity contribution in [3.63, 3.8) is 0 Å². The molecule has 9 heteroatoms. The van der Waals surface area contributed by atoms with Gasteiger partial charge in [0.15, 0.2) is 9.84 Å². The molecular weight excluding hydrogens is 428 g/mol. The van der Waals surface area contributed by atoms with Crippen LogP contribution in [0.25, 0.3) is 0 Å². The SMILES string of the molecule is CCNC(=O)N1CC2N(c3ccc(OCCCS(=O)(=O)CCN)cc3)C[C@@H](C1)CC2(C)C. The number of hydrogen-bond acceptors (Lipinski definition) is 6. The van der Waals surface area contributed by atoms with E-state index in [1.165, 1.54) is 0 Å². The van der Waals surface area contributed by atoms with E-state index < -0.39 is 9.84 Å². The van der Waals surface area contributed by atoms with E-state index in [2.05, 4.69) is 36.2 Å². The van der Waals surface area contributed by atoms with Gasteiger partial charge >= 0.3 is 6.03 Å². The predicted octanol–water partition coefficient (Wildman–Crippen LogP) is 2.10. The van der Waals surface area contributed by atoms with Crippen molar-refractivity contribution in [3.8, 4) is 5.75 Å². The lowest BCUT2D eigenvalue weighted by Crippen LogP contribution is -2.54. The van der Waals surface area contributed by atoms with Gasteiger partial charge in [-0.15, -0.1) is 0 Å². The van der Waals surface area contributed by atoms with Crippen molar-refractivity contribution >= 4 is 21.6 Å². The summed E-state index contributed by atoms with van der Waals surface area (Å²) in [5.74, 6) is 1.27. The Hall–Kier alpha value is -2.00. The first-order valence-electron chi connectivity index (χ1n) is 11.6. The Labute approximate surface area is 192 Å². The van der Waals surface area contributed by atoms with Crippen LogP contribution in [0.2, 0.25) is 0 Å². The molecule has 3 heterocycles. The van der Waals surface area contributed by atoms with E-state index in [1.54, 1.807) is 0 Å². The lowest BCUT2D eigenvalue weighted by Gasteiger charge is -2.48. The van der Waals surface area contributed by atoms with Crippen LogP contribution in [-0.4, -0.2) is 76.2 Å². The molecule has 32 heavy (non-hydrogen) atoms. The summed E-state index contributed by atoms with van der Waals surface area (Å²) in [7, 11) is -3.09. The molecule has 1 aromatic rings. The Balaban J connectivity index is 1.63. The Bertz CT molecular complexity index is 872. The smallest absolute Gasteiger partial charge is 0.317 e. The molecule has 0 aliphatic carbocycles. The average Bonchev–Trinajstić information content (AvgIpc) is 2.99. The van der Waals surface area contributed by atoms with E-state index in [1.807, 2.05) is 24.0 Å². The molecule has 3 fully saturated rings. The number of sulfone groups is 1. The van der Waals surface area contributed by atoms with Crippen molar-refractivity contribution in [1.82, 2.24) is 10.2 Å². The molecule has 0 aromatic heterocycles. The number of ether oxygens (including phenoxy) is 1. The molecule has 2 atom stereocenters. The number of anilines is 1. The van der Waals surface area contributed by atoms with Crippen molar-refractivity contribution in [1.29, 1.82) is 0 Å². The molecule has 2 bridgehead atoms. The van der Waals surface area contributed by atoms with E-state index in [0.717, 1.165) is 30.9 Å². The van der Waals surface area contributed by atoms with Crippen LogP contribution in [0.15, 0.2) is 24.3 Å². The molecule has 3 aliphatic heterocycles. The number of rotatable bonds is 9. The summed E-state index contributed by atoms with van der Waals surface area (Å²) >= 11 is 0. The number of piperidine rings is 1. The van der Waals surface area contributed by atoms with E-state index in [4.69, 9.17) is 10.5 Å². The maximum absolute atomic E-state index is 12.5. The van der Waals surface area contributed by atoms with Crippen molar-refractivity contribution in [2.45, 2.75) is 39.7 Å². The molecule has 0 saturated carbocycles. The van der Waals surface area contributed by atoms with Crippen LogP contribution in [0.3, 0.4) is 0 Å². The van der Waals surface area contributed by atoms with Gasteiger partial charge in [-0.05, 0) is 55.4 Å². The summed E-state index contributed by atoms with van der Waals surface area (Å²) in [6, 6.07) is 8.28. The number of carbonyl (C=O) groups excluding carboxylic acids is 1. The Morgan fingerprint density at radius 1 is 1.19 bits per heavy atom. The normalized spacial score (nSPS) is 22.5. The molecule has 3 saturated heterocycles. The lowest BCUT2D eigenvalue weighted by molar-refractivity contribution is 0.187. The largest absolute Gasteiger partial charge is 0.494 e. The van der Waals surface area contributed by atoms with Crippen LogP contribution in [-0.2, 0) is 9.84 Å². The van der Waals surface area contributed by atoms with Crippen molar-refractivity contribution in [2.24, 2.45) is 17.1 Å². The van der Waals surface area contributed by atoms with Crippen LogP contribution in [0.5, 0.6) is 5.75 Å². The van der Waals surface area contributed by atoms with Gasteiger partial charge in [0.2, 0.25) is 0 Å². The summed E-state index contributed by atoms with van der Waals surface area (Å²) in [6.07, 6.45) is 1.56. The number of fused-ring (bicyclic) bond motifs is 4. The van der Waals surface area contributed by atoms with Gasteiger partial charge in [-0.1, -0.05) is 13.8 Å². The van der Waals surface area contributed by atoms with Gasteiger partial charge in [0.25, 0.3) is 0 Å². The number of hydrogen-bond donors (Lipinski definition) is 2. The maximum atomic E-state index is 12.5. The molecule has 0 radical (unpaired) electrons. The van der Waals surface area contributed by atoms with E-state index in [-0.39, 0.29) is 35.5 Å². The third-order valence-corrected chi connectivity index (χ3v) is 8.27. The van der Waals surface area contributed by atoms with Gasteiger partial charge in [-0.2, -0.15) is 0 Å². The molecule has 4 rings (SSSR count). The van der Waals surface area contributed by atoms with Gasteiger partial charge in [0, 0.05) is 38.4 Å². The lowest BCUT2D eigenvalue weighted by atomic mass is 9.73. The van der Waals surface area contributed by atoms with Crippen molar-refractivity contribution in [3.05, 3.63) is 24.3 Å². The summed E-state index contributed by atoms with van der Waals surface area (Å²) < 4.78 is 29.2. The first kappa shape index (κ1) is 24.6. The molecule has 3 aliphatic rings. The molecule has 1 aromatic carbocycles. The number of amides is 2. The van der Waals surface area contributed by atoms with Gasteiger partial charge in [0.05, 0.1) is 24.2 Å². The van der Waals surface area contributed by atoms with Crippen molar-refractivity contribution in [2.75, 3.05) is 55.7 Å².